The third-order valence-electron chi connectivity index (χ3n) is 8.34. The molecule has 13 heteroatoms. The Kier molecular flexibility index (Phi) is 15.9. The van der Waals surface area contributed by atoms with Crippen LogP contribution in [-0.2, 0) is 4.43 Å². The first-order valence-electron chi connectivity index (χ1n) is 17.0. The summed E-state index contributed by atoms with van der Waals surface area (Å²) in [6.07, 6.45) is 9.02. The summed E-state index contributed by atoms with van der Waals surface area (Å²) >= 11 is 0. The van der Waals surface area contributed by atoms with Crippen molar-refractivity contribution in [1.82, 2.24) is 16.0 Å². The molecule has 0 unspecified atom stereocenters. The number of carbonyl (C=O) groups excluding carboxylic acids is 2. The third-order valence-corrected chi connectivity index (χ3v) is 11.0. The van der Waals surface area contributed by atoms with Crippen LogP contribution < -0.4 is 16.0 Å². The van der Waals surface area contributed by atoms with E-state index < -0.39 is 53.6 Å². The molecule has 0 aliphatic carbocycles. The third kappa shape index (κ3) is 13.4. The summed E-state index contributed by atoms with van der Waals surface area (Å²) < 4.78 is 5.91. The van der Waals surface area contributed by atoms with Gasteiger partial charge in [0.2, 0.25) is 0 Å². The van der Waals surface area contributed by atoms with Gasteiger partial charge in [0.15, 0.2) is 8.32 Å². The Labute approximate surface area is 289 Å². The fraction of sp³-hybridized carbons (Fsp3) is 0.444. The zero-order chi connectivity index (χ0) is 35.6. The molecule has 3 amide bonds. The van der Waals surface area contributed by atoms with Gasteiger partial charge in [0, 0.05) is 25.3 Å². The maximum Gasteiger partial charge on any atom is 0.315 e. The summed E-state index contributed by atoms with van der Waals surface area (Å²) in [6, 6.07) is 20.1. The Balaban J connectivity index is 1.61. The monoisotopic (exact) mass is 691 g/mol. The second-order valence-electron chi connectivity index (χ2n) is 12.7. The summed E-state index contributed by atoms with van der Waals surface area (Å²) in [7, 11) is -1.49. The van der Waals surface area contributed by atoms with Crippen molar-refractivity contribution in [2.75, 3.05) is 13.2 Å². The minimum atomic E-state index is -1.49. The van der Waals surface area contributed by atoms with Crippen molar-refractivity contribution in [3.8, 4) is 0 Å². The van der Waals surface area contributed by atoms with Gasteiger partial charge in [-0.1, -0.05) is 106 Å². The van der Waals surface area contributed by atoms with Crippen molar-refractivity contribution in [2.24, 2.45) is 0 Å². The molecule has 0 spiro atoms. The lowest BCUT2D eigenvalue weighted by molar-refractivity contribution is -0.394. The van der Waals surface area contributed by atoms with Crippen LogP contribution >= 0.6 is 0 Å². The Morgan fingerprint density at radius 2 is 1.18 bits per heavy atom. The molecule has 3 aromatic rings. The number of nitrogens with one attached hydrogen (secondary N) is 3. The quantitative estimate of drug-likeness (QED) is 0.0437. The van der Waals surface area contributed by atoms with Crippen LogP contribution in [0.2, 0.25) is 19.1 Å². The number of hydrogen-bond donors (Lipinski definition) is 3. The van der Waals surface area contributed by atoms with E-state index in [-0.39, 0.29) is 5.56 Å². The fourth-order valence-electron chi connectivity index (χ4n) is 5.79. The van der Waals surface area contributed by atoms with Gasteiger partial charge >= 0.3 is 6.03 Å². The number of hydrogen-bond acceptors (Lipinski definition) is 7. The van der Waals surface area contributed by atoms with Crippen LogP contribution in [0.4, 0.5) is 16.2 Å². The molecule has 3 aromatic carbocycles. The normalized spacial score (nSPS) is 12.5. The number of amides is 3. The van der Waals surface area contributed by atoms with Crippen molar-refractivity contribution in [3.63, 3.8) is 0 Å². The molecule has 0 aliphatic rings. The number of rotatable bonds is 21. The van der Waals surface area contributed by atoms with Gasteiger partial charge in [0.1, 0.15) is 0 Å². The van der Waals surface area contributed by atoms with Crippen LogP contribution in [0.15, 0.2) is 78.9 Å². The van der Waals surface area contributed by atoms with Gasteiger partial charge in [-0.3, -0.25) is 25.0 Å². The van der Waals surface area contributed by atoms with E-state index in [1.54, 1.807) is 24.3 Å². The summed E-state index contributed by atoms with van der Waals surface area (Å²) in [5, 5.41) is 31.7. The molecule has 0 aromatic heterocycles. The van der Waals surface area contributed by atoms with Gasteiger partial charge in [-0.05, 0) is 43.6 Å². The molecule has 0 saturated carbocycles. The Bertz CT molecular complexity index is 1480. The first kappa shape index (κ1) is 38.8. The van der Waals surface area contributed by atoms with Crippen molar-refractivity contribution in [1.29, 1.82) is 0 Å². The van der Waals surface area contributed by atoms with Crippen LogP contribution in [0.1, 0.15) is 91.9 Å². The van der Waals surface area contributed by atoms with Gasteiger partial charge in [0.25, 0.3) is 17.3 Å². The van der Waals surface area contributed by atoms with Crippen LogP contribution in [-0.4, -0.2) is 43.3 Å². The number of nitrogens with zero attached hydrogens (tertiary/aromatic N) is 2. The number of nitro groups is 2. The molecule has 3 rings (SSSR count). The van der Waals surface area contributed by atoms with Gasteiger partial charge < -0.3 is 20.4 Å². The molecule has 0 aliphatic heterocycles. The topological polar surface area (TPSA) is 166 Å². The number of nitro benzene ring substituents is 2. The maximum absolute atomic E-state index is 13.5. The summed E-state index contributed by atoms with van der Waals surface area (Å²) in [5.41, 5.74) is -0.0333. The van der Waals surface area contributed by atoms with Crippen molar-refractivity contribution < 1.29 is 23.9 Å². The number of carbonyl (C=O) groups is 2. The van der Waals surface area contributed by atoms with Crippen LogP contribution in [0.25, 0.3) is 0 Å². The van der Waals surface area contributed by atoms with Crippen LogP contribution in [0.5, 0.6) is 0 Å². The zero-order valence-corrected chi connectivity index (χ0v) is 29.7. The Hall–Kier alpha value is -4.62. The summed E-state index contributed by atoms with van der Waals surface area (Å²) in [6.45, 7) is 7.92. The standard InChI is InChI=1S/C36H49N5O7Si/c1-4-48-49(2,3)24-18-10-8-6-5-7-9-17-23-37-36(43)39-34(29-21-15-12-16-22-29)33(28-19-13-11-14-20-28)38-35(42)30-25-31(40(44)45)27-32(26-30)41(46)47/h11-16,19-22,25-27,33-34H,4-10,17-18,23-24H2,1-3H3,(H,38,42)(H2,37,39,43)/t33-,34-/m1/s1. The predicted molar refractivity (Wildman–Crippen MR) is 193 cm³/mol. The minimum absolute atomic E-state index is 0.245. The predicted octanol–water partition coefficient (Wildman–Crippen LogP) is 8.38. The highest BCUT2D eigenvalue weighted by atomic mass is 28.4. The zero-order valence-electron chi connectivity index (χ0n) is 28.7. The SMILES string of the molecule is CCO[Si](C)(C)CCCCCCCCCCNC(=O)N[C@H](c1ccccc1)[C@H](NC(=O)c1cc([N+](=O)[O-])cc([N+](=O)[O-])c1)c1ccccc1. The van der Waals surface area contributed by atoms with E-state index in [0.29, 0.717) is 17.7 Å². The summed E-state index contributed by atoms with van der Waals surface area (Å²) in [4.78, 5) is 48.1. The maximum atomic E-state index is 13.5. The van der Waals surface area contributed by atoms with E-state index in [0.717, 1.165) is 44.1 Å². The highest BCUT2D eigenvalue weighted by Gasteiger charge is 2.30. The van der Waals surface area contributed by atoms with Crippen LogP contribution in [0.3, 0.4) is 0 Å². The molecule has 264 valence electrons. The van der Waals surface area contributed by atoms with Gasteiger partial charge in [0.05, 0.1) is 33.6 Å². The molecule has 0 fully saturated rings. The van der Waals surface area contributed by atoms with Gasteiger partial charge in [-0.15, -0.1) is 0 Å². The Morgan fingerprint density at radius 3 is 1.67 bits per heavy atom. The lowest BCUT2D eigenvalue weighted by atomic mass is 9.93. The lowest BCUT2D eigenvalue weighted by Gasteiger charge is -2.30. The molecule has 0 saturated heterocycles. The second-order valence-corrected chi connectivity index (χ2v) is 17.0. The van der Waals surface area contributed by atoms with Crippen molar-refractivity contribution in [2.45, 2.75) is 89.5 Å². The molecule has 2 atom stereocenters. The van der Waals surface area contributed by atoms with E-state index in [2.05, 4.69) is 36.0 Å². The Morgan fingerprint density at radius 1 is 0.714 bits per heavy atom. The molecular formula is C36H49N5O7Si. The molecule has 3 N–H and O–H groups in total. The van der Waals surface area contributed by atoms with E-state index in [1.165, 1.54) is 38.1 Å². The highest BCUT2D eigenvalue weighted by Crippen LogP contribution is 2.30. The molecule has 0 bridgehead atoms. The van der Waals surface area contributed by atoms with Crippen LogP contribution in [0, 0.1) is 20.2 Å². The average Bonchev–Trinajstić information content (AvgIpc) is 3.09. The van der Waals surface area contributed by atoms with Crippen molar-refractivity contribution >= 4 is 31.6 Å². The summed E-state index contributed by atoms with van der Waals surface area (Å²) in [5.74, 6) is -0.764. The highest BCUT2D eigenvalue weighted by molar-refractivity contribution is 6.71. The number of unbranched alkanes of at least 4 members (excludes halogenated alkanes) is 7. The average molecular weight is 692 g/mol. The lowest BCUT2D eigenvalue weighted by Crippen LogP contribution is -2.44. The number of urea groups is 1. The van der Waals surface area contributed by atoms with E-state index >= 15 is 0 Å². The fourth-order valence-corrected chi connectivity index (χ4v) is 7.82. The largest absolute Gasteiger partial charge is 0.418 e. The molecular weight excluding hydrogens is 643 g/mol. The van der Waals surface area contributed by atoms with E-state index in [9.17, 15) is 29.8 Å². The van der Waals surface area contributed by atoms with E-state index in [1.807, 2.05) is 36.4 Å². The molecule has 12 nitrogen and oxygen atoms in total. The first-order chi connectivity index (χ1) is 23.5. The number of non-ortho nitro benzene ring substituents is 2. The second kappa shape index (κ2) is 20.0. The first-order valence-corrected chi connectivity index (χ1v) is 20.1. The van der Waals surface area contributed by atoms with Crippen molar-refractivity contribution in [3.05, 3.63) is 116 Å². The van der Waals surface area contributed by atoms with Gasteiger partial charge in [-0.25, -0.2) is 4.79 Å². The molecule has 0 heterocycles. The molecule has 49 heavy (non-hydrogen) atoms. The smallest absolute Gasteiger partial charge is 0.315 e. The minimum Gasteiger partial charge on any atom is -0.418 e. The number of benzene rings is 3. The van der Waals surface area contributed by atoms with E-state index in [4.69, 9.17) is 4.43 Å². The molecule has 0 radical (unpaired) electrons. The van der Waals surface area contributed by atoms with Gasteiger partial charge in [-0.2, -0.15) is 0 Å².